The summed E-state index contributed by atoms with van der Waals surface area (Å²) < 4.78 is 0. The number of aliphatic hydroxyl groups is 1. The van der Waals surface area contributed by atoms with Crippen LogP contribution in [0, 0.1) is 0 Å². The fourth-order valence-electron chi connectivity index (χ4n) is 2.48. The van der Waals surface area contributed by atoms with E-state index in [1.807, 2.05) is 12.1 Å². The van der Waals surface area contributed by atoms with Crippen molar-refractivity contribution in [2.24, 2.45) is 0 Å². The second-order valence-electron chi connectivity index (χ2n) is 5.22. The fraction of sp³-hybridized carbons (Fsp3) is 0.571. The lowest BCUT2D eigenvalue weighted by atomic mass is 9.88. The Kier molecular flexibility index (Phi) is 3.69. The number of hydrogen-bond donors (Lipinski definition) is 2. The van der Waals surface area contributed by atoms with E-state index in [1.165, 1.54) is 0 Å². The van der Waals surface area contributed by atoms with E-state index in [0.717, 1.165) is 37.9 Å². The minimum Gasteiger partial charge on any atom is -0.508 e. The van der Waals surface area contributed by atoms with Crippen molar-refractivity contribution in [3.8, 4) is 5.75 Å². The Hall–Kier alpha value is -1.06. The highest BCUT2D eigenvalue weighted by Crippen LogP contribution is 2.26. The maximum Gasteiger partial charge on any atom is 0.115 e. The van der Waals surface area contributed by atoms with Crippen LogP contribution >= 0.6 is 0 Å². The normalized spacial score (nSPS) is 26.7. The largest absolute Gasteiger partial charge is 0.508 e. The smallest absolute Gasteiger partial charge is 0.115 e. The minimum absolute atomic E-state index is 0.279. The van der Waals surface area contributed by atoms with Crippen molar-refractivity contribution in [2.75, 3.05) is 20.1 Å². The average molecular weight is 235 g/mol. The van der Waals surface area contributed by atoms with Crippen molar-refractivity contribution in [1.29, 1.82) is 0 Å². The van der Waals surface area contributed by atoms with Crippen LogP contribution in [0.3, 0.4) is 0 Å². The number of phenolic OH excluding ortho intramolecular Hbond substituents is 1. The van der Waals surface area contributed by atoms with E-state index in [1.54, 1.807) is 12.1 Å². The molecule has 2 N–H and O–H groups in total. The summed E-state index contributed by atoms with van der Waals surface area (Å²) in [6, 6.07) is 7.15. The number of phenols is 1. The van der Waals surface area contributed by atoms with Gasteiger partial charge < -0.3 is 15.1 Å². The molecule has 3 nitrogen and oxygen atoms in total. The number of benzene rings is 1. The van der Waals surface area contributed by atoms with Gasteiger partial charge in [-0.15, -0.1) is 0 Å². The Balaban J connectivity index is 2.03. The molecule has 0 radical (unpaired) electrons. The van der Waals surface area contributed by atoms with Crippen LogP contribution in [-0.4, -0.2) is 40.9 Å². The van der Waals surface area contributed by atoms with E-state index in [0.29, 0.717) is 6.42 Å². The minimum atomic E-state index is -0.582. The van der Waals surface area contributed by atoms with Crippen molar-refractivity contribution in [1.82, 2.24) is 4.90 Å². The molecule has 1 heterocycles. The Morgan fingerprint density at radius 1 is 1.18 bits per heavy atom. The zero-order chi connectivity index (χ0) is 12.3. The fourth-order valence-corrected chi connectivity index (χ4v) is 2.48. The summed E-state index contributed by atoms with van der Waals surface area (Å²) in [4.78, 5) is 2.27. The molecular weight excluding hydrogens is 214 g/mol. The highest BCUT2D eigenvalue weighted by molar-refractivity contribution is 5.27. The van der Waals surface area contributed by atoms with Gasteiger partial charge in [-0.3, -0.25) is 0 Å². The van der Waals surface area contributed by atoms with E-state index < -0.39 is 5.60 Å². The second kappa shape index (κ2) is 5.07. The molecule has 2 rings (SSSR count). The van der Waals surface area contributed by atoms with Crippen molar-refractivity contribution in [3.05, 3.63) is 29.8 Å². The van der Waals surface area contributed by atoms with E-state index in [-0.39, 0.29) is 5.75 Å². The summed E-state index contributed by atoms with van der Waals surface area (Å²) in [6.45, 7) is 2.02. The van der Waals surface area contributed by atoms with Gasteiger partial charge >= 0.3 is 0 Å². The van der Waals surface area contributed by atoms with Gasteiger partial charge in [0.25, 0.3) is 0 Å². The Labute approximate surface area is 103 Å². The summed E-state index contributed by atoms with van der Waals surface area (Å²) in [5, 5.41) is 19.8. The van der Waals surface area contributed by atoms with Crippen LogP contribution in [0.1, 0.15) is 24.8 Å². The average Bonchev–Trinajstić information content (AvgIpc) is 2.45. The van der Waals surface area contributed by atoms with E-state index >= 15 is 0 Å². The third-order valence-corrected chi connectivity index (χ3v) is 3.61. The van der Waals surface area contributed by atoms with Crippen LogP contribution in [0.15, 0.2) is 24.3 Å². The Morgan fingerprint density at radius 2 is 1.88 bits per heavy atom. The quantitative estimate of drug-likeness (QED) is 0.821. The molecule has 1 aliphatic heterocycles. The first-order valence-electron chi connectivity index (χ1n) is 6.26. The van der Waals surface area contributed by atoms with Gasteiger partial charge in [0, 0.05) is 13.0 Å². The van der Waals surface area contributed by atoms with Crippen LogP contribution in [0.2, 0.25) is 0 Å². The van der Waals surface area contributed by atoms with Crippen LogP contribution in [-0.2, 0) is 6.42 Å². The van der Waals surface area contributed by atoms with Crippen LogP contribution < -0.4 is 0 Å². The lowest BCUT2D eigenvalue weighted by Crippen LogP contribution is -2.32. The molecule has 1 aliphatic rings. The van der Waals surface area contributed by atoms with Gasteiger partial charge in [0.2, 0.25) is 0 Å². The maximum atomic E-state index is 10.6. The van der Waals surface area contributed by atoms with Crippen LogP contribution in [0.5, 0.6) is 5.75 Å². The van der Waals surface area contributed by atoms with Gasteiger partial charge in [0.1, 0.15) is 5.75 Å². The summed E-state index contributed by atoms with van der Waals surface area (Å²) in [7, 11) is 2.10. The molecular formula is C14H21NO2. The van der Waals surface area contributed by atoms with E-state index in [4.69, 9.17) is 0 Å². The van der Waals surface area contributed by atoms with Gasteiger partial charge in [-0.05, 0) is 50.6 Å². The van der Waals surface area contributed by atoms with Crippen molar-refractivity contribution in [3.63, 3.8) is 0 Å². The molecule has 94 valence electrons. The Bertz CT molecular complexity index is 363. The van der Waals surface area contributed by atoms with Gasteiger partial charge in [-0.1, -0.05) is 12.1 Å². The lowest BCUT2D eigenvalue weighted by Gasteiger charge is -2.26. The summed E-state index contributed by atoms with van der Waals surface area (Å²) in [5.41, 5.74) is 0.511. The van der Waals surface area contributed by atoms with E-state index in [9.17, 15) is 10.2 Å². The summed E-state index contributed by atoms with van der Waals surface area (Å²) >= 11 is 0. The third kappa shape index (κ3) is 3.45. The molecule has 17 heavy (non-hydrogen) atoms. The second-order valence-corrected chi connectivity index (χ2v) is 5.22. The molecule has 0 bridgehead atoms. The molecule has 3 heteroatoms. The van der Waals surface area contributed by atoms with Crippen molar-refractivity contribution in [2.45, 2.75) is 31.3 Å². The Morgan fingerprint density at radius 3 is 2.59 bits per heavy atom. The molecule has 0 aliphatic carbocycles. The molecule has 1 atom stereocenters. The topological polar surface area (TPSA) is 43.7 Å². The zero-order valence-electron chi connectivity index (χ0n) is 10.4. The predicted molar refractivity (Wildman–Crippen MR) is 68.1 cm³/mol. The SMILES string of the molecule is CN1CCCC(O)(Cc2ccc(O)cc2)CC1. The zero-order valence-corrected chi connectivity index (χ0v) is 10.4. The maximum absolute atomic E-state index is 10.6. The molecule has 1 aromatic rings. The number of rotatable bonds is 2. The monoisotopic (exact) mass is 235 g/mol. The van der Waals surface area contributed by atoms with Crippen LogP contribution in [0.25, 0.3) is 0 Å². The standard InChI is InChI=1S/C14H21NO2/c1-15-9-2-7-14(17,8-10-15)11-12-3-5-13(16)6-4-12/h3-6,16-17H,2,7-11H2,1H3. The molecule has 0 amide bonds. The molecule has 0 aromatic heterocycles. The number of aromatic hydroxyl groups is 1. The van der Waals surface area contributed by atoms with Crippen molar-refractivity contribution < 1.29 is 10.2 Å². The molecule has 1 saturated heterocycles. The number of likely N-dealkylation sites (tertiary alicyclic amines) is 1. The first kappa shape index (κ1) is 12.4. The highest BCUT2D eigenvalue weighted by atomic mass is 16.3. The van der Waals surface area contributed by atoms with Gasteiger partial charge in [-0.25, -0.2) is 0 Å². The van der Waals surface area contributed by atoms with Gasteiger partial charge in [0.05, 0.1) is 5.60 Å². The van der Waals surface area contributed by atoms with Gasteiger partial charge in [-0.2, -0.15) is 0 Å². The molecule has 0 spiro atoms. The first-order valence-corrected chi connectivity index (χ1v) is 6.26. The molecule has 1 fully saturated rings. The predicted octanol–water partition coefficient (Wildman–Crippen LogP) is 1.78. The molecule has 0 saturated carbocycles. The summed E-state index contributed by atoms with van der Waals surface area (Å²) in [6.07, 6.45) is 3.41. The van der Waals surface area contributed by atoms with Crippen molar-refractivity contribution >= 4 is 0 Å². The summed E-state index contributed by atoms with van der Waals surface area (Å²) in [5.74, 6) is 0.279. The van der Waals surface area contributed by atoms with Gasteiger partial charge in [0.15, 0.2) is 0 Å². The molecule has 1 aromatic carbocycles. The number of hydrogen-bond acceptors (Lipinski definition) is 3. The highest BCUT2D eigenvalue weighted by Gasteiger charge is 2.29. The molecule has 1 unspecified atom stereocenters. The number of nitrogens with zero attached hydrogens (tertiary/aromatic N) is 1. The van der Waals surface area contributed by atoms with Crippen LogP contribution in [0.4, 0.5) is 0 Å². The first-order chi connectivity index (χ1) is 8.07. The third-order valence-electron chi connectivity index (χ3n) is 3.61. The van der Waals surface area contributed by atoms with E-state index in [2.05, 4.69) is 11.9 Å². The lowest BCUT2D eigenvalue weighted by molar-refractivity contribution is 0.0263.